The highest BCUT2D eigenvalue weighted by atomic mass is 79.9. The number of hydrogen-bond donors (Lipinski definition) is 2. The van der Waals surface area contributed by atoms with Crippen molar-refractivity contribution < 1.29 is 4.79 Å². The van der Waals surface area contributed by atoms with Crippen molar-refractivity contribution in [2.45, 2.75) is 10.6 Å². The number of hydrazine groups is 1. The lowest BCUT2D eigenvalue weighted by Crippen LogP contribution is -2.29. The molecule has 98 valence electrons. The maximum atomic E-state index is 11.4. The quantitative estimate of drug-likeness (QED) is 0.389. The highest BCUT2D eigenvalue weighted by Gasteiger charge is 2.05. The van der Waals surface area contributed by atoms with E-state index in [9.17, 15) is 4.79 Å². The van der Waals surface area contributed by atoms with E-state index < -0.39 is 0 Å². The minimum atomic E-state index is -0.271. The number of carbonyl (C=O) groups excluding carboxylic acids is 1. The van der Waals surface area contributed by atoms with E-state index in [1.165, 1.54) is 4.90 Å². The molecule has 0 heterocycles. The third-order valence-electron chi connectivity index (χ3n) is 2.55. The molecule has 3 N–H and O–H groups in total. The lowest BCUT2D eigenvalue weighted by Gasteiger charge is -2.06. The number of thioether (sulfide) groups is 1. The third kappa shape index (κ3) is 3.83. The monoisotopic (exact) mass is 336 g/mol. The van der Waals surface area contributed by atoms with E-state index in [2.05, 4.69) is 27.4 Å². The third-order valence-corrected chi connectivity index (χ3v) is 4.65. The first-order valence-electron chi connectivity index (χ1n) is 5.68. The summed E-state index contributed by atoms with van der Waals surface area (Å²) in [6.45, 7) is 0. The number of carbonyl (C=O) groups is 1. The van der Waals surface area contributed by atoms with Gasteiger partial charge in [-0.25, -0.2) is 5.84 Å². The second-order valence-electron chi connectivity index (χ2n) is 3.89. The molecule has 5 heteroatoms. The van der Waals surface area contributed by atoms with Crippen LogP contribution < -0.4 is 11.3 Å². The van der Waals surface area contributed by atoms with Crippen molar-refractivity contribution in [2.75, 3.05) is 0 Å². The van der Waals surface area contributed by atoms with Crippen molar-refractivity contribution in [3.63, 3.8) is 0 Å². The highest BCUT2D eigenvalue weighted by molar-refractivity contribution is 9.10. The molecule has 0 aliphatic carbocycles. The summed E-state index contributed by atoms with van der Waals surface area (Å²) in [7, 11) is 0. The Labute approximate surface area is 124 Å². The van der Waals surface area contributed by atoms with Gasteiger partial charge in [0.15, 0.2) is 0 Å². The number of benzene rings is 2. The molecule has 2 aromatic rings. The molecular weight excluding hydrogens is 324 g/mol. The Morgan fingerprint density at radius 2 is 2.00 bits per heavy atom. The molecule has 2 aromatic carbocycles. The molecule has 0 saturated carbocycles. The first-order chi connectivity index (χ1) is 9.20. The van der Waals surface area contributed by atoms with Gasteiger partial charge in [0.2, 0.25) is 0 Å². The van der Waals surface area contributed by atoms with Crippen LogP contribution in [0.25, 0.3) is 0 Å². The first-order valence-corrected chi connectivity index (χ1v) is 7.46. The highest BCUT2D eigenvalue weighted by Crippen LogP contribution is 2.29. The topological polar surface area (TPSA) is 55.1 Å². The Hall–Kier alpha value is -1.30. The van der Waals surface area contributed by atoms with Crippen molar-refractivity contribution in [2.24, 2.45) is 5.84 Å². The molecule has 19 heavy (non-hydrogen) atoms. The van der Waals surface area contributed by atoms with Crippen LogP contribution in [0.15, 0.2) is 57.9 Å². The van der Waals surface area contributed by atoms with Crippen LogP contribution in [0, 0.1) is 0 Å². The molecule has 0 aliphatic heterocycles. The Kier molecular flexibility index (Phi) is 5.01. The van der Waals surface area contributed by atoms with Gasteiger partial charge >= 0.3 is 0 Å². The van der Waals surface area contributed by atoms with Crippen LogP contribution in [0.1, 0.15) is 15.9 Å². The predicted octanol–water partition coefficient (Wildman–Crippen LogP) is 3.34. The Morgan fingerprint density at radius 3 is 2.74 bits per heavy atom. The summed E-state index contributed by atoms with van der Waals surface area (Å²) in [6, 6.07) is 15.5. The van der Waals surface area contributed by atoms with Crippen molar-refractivity contribution in [3.05, 3.63) is 64.1 Å². The summed E-state index contributed by atoms with van der Waals surface area (Å²) in [5, 5.41) is 0. The molecule has 1 amide bonds. The first kappa shape index (κ1) is 14.1. The molecule has 0 fully saturated rings. The fraction of sp³-hybridized carbons (Fsp3) is 0.0714. The summed E-state index contributed by atoms with van der Waals surface area (Å²) in [4.78, 5) is 12.6. The van der Waals surface area contributed by atoms with Crippen molar-refractivity contribution in [1.82, 2.24) is 5.43 Å². The summed E-state index contributed by atoms with van der Waals surface area (Å²) in [6.07, 6.45) is 0. The zero-order valence-electron chi connectivity index (χ0n) is 10.1. The minimum Gasteiger partial charge on any atom is -0.290 e. The van der Waals surface area contributed by atoms with Crippen LogP contribution in [-0.2, 0) is 5.75 Å². The van der Waals surface area contributed by atoms with Gasteiger partial charge in [-0.15, -0.1) is 11.8 Å². The average Bonchev–Trinajstić information content (AvgIpc) is 2.46. The van der Waals surface area contributed by atoms with Crippen molar-refractivity contribution in [1.29, 1.82) is 0 Å². The van der Waals surface area contributed by atoms with Crippen molar-refractivity contribution >= 4 is 33.6 Å². The second-order valence-corrected chi connectivity index (χ2v) is 5.76. The fourth-order valence-corrected chi connectivity index (χ4v) is 3.12. The standard InChI is InChI=1S/C14H13BrN2OS/c15-12-6-1-2-7-13(12)19-9-10-4-3-5-11(8-10)14(18)17-16/h1-8H,9,16H2,(H,17,18). The molecule has 0 unspecified atom stereocenters. The Bertz CT molecular complexity index is 589. The molecule has 0 aromatic heterocycles. The van der Waals surface area contributed by atoms with Gasteiger partial charge < -0.3 is 0 Å². The van der Waals surface area contributed by atoms with Crippen molar-refractivity contribution in [3.8, 4) is 0 Å². The molecule has 0 bridgehead atoms. The number of hydrogen-bond acceptors (Lipinski definition) is 3. The molecule has 0 aliphatic rings. The summed E-state index contributed by atoms with van der Waals surface area (Å²) in [5.41, 5.74) is 3.80. The van der Waals surface area contributed by atoms with E-state index in [0.717, 1.165) is 15.8 Å². The SMILES string of the molecule is NNC(=O)c1cccc(CSc2ccccc2Br)c1. The summed E-state index contributed by atoms with van der Waals surface area (Å²) in [5.74, 6) is 5.66. The van der Waals surface area contributed by atoms with Crippen LogP contribution in [0.2, 0.25) is 0 Å². The van der Waals surface area contributed by atoms with E-state index in [1.54, 1.807) is 17.8 Å². The maximum Gasteiger partial charge on any atom is 0.265 e. The summed E-state index contributed by atoms with van der Waals surface area (Å²) >= 11 is 5.24. The van der Waals surface area contributed by atoms with Gasteiger partial charge in [-0.3, -0.25) is 10.2 Å². The van der Waals surface area contributed by atoms with Gasteiger partial charge in [-0.05, 0) is 45.8 Å². The second kappa shape index (κ2) is 6.75. The molecule has 3 nitrogen and oxygen atoms in total. The van der Waals surface area contributed by atoms with Gasteiger partial charge in [0.1, 0.15) is 0 Å². The lowest BCUT2D eigenvalue weighted by atomic mass is 10.1. The van der Waals surface area contributed by atoms with E-state index in [0.29, 0.717) is 5.56 Å². The fourth-order valence-electron chi connectivity index (χ4n) is 1.61. The smallest absolute Gasteiger partial charge is 0.265 e. The van der Waals surface area contributed by atoms with E-state index >= 15 is 0 Å². The number of amides is 1. The van der Waals surface area contributed by atoms with Crippen LogP contribution in [0.4, 0.5) is 0 Å². The van der Waals surface area contributed by atoms with Crippen LogP contribution in [-0.4, -0.2) is 5.91 Å². The maximum absolute atomic E-state index is 11.4. The largest absolute Gasteiger partial charge is 0.290 e. The zero-order chi connectivity index (χ0) is 13.7. The lowest BCUT2D eigenvalue weighted by molar-refractivity contribution is 0.0953. The normalized spacial score (nSPS) is 10.2. The van der Waals surface area contributed by atoms with Crippen LogP contribution >= 0.6 is 27.7 Å². The van der Waals surface area contributed by atoms with E-state index in [4.69, 9.17) is 5.84 Å². The molecule has 0 atom stereocenters. The molecule has 2 rings (SSSR count). The zero-order valence-corrected chi connectivity index (χ0v) is 12.5. The number of nitrogen functional groups attached to an aromatic ring is 1. The number of nitrogens with two attached hydrogens (primary N) is 1. The van der Waals surface area contributed by atoms with Crippen LogP contribution in [0.3, 0.4) is 0 Å². The molecule has 0 radical (unpaired) electrons. The number of rotatable bonds is 4. The van der Waals surface area contributed by atoms with E-state index in [1.807, 2.05) is 36.4 Å². The van der Waals surface area contributed by atoms with E-state index in [-0.39, 0.29) is 5.91 Å². The molecular formula is C14H13BrN2OS. The minimum absolute atomic E-state index is 0.271. The average molecular weight is 337 g/mol. The van der Waals surface area contributed by atoms with Gasteiger partial charge in [-0.2, -0.15) is 0 Å². The Balaban J connectivity index is 2.08. The van der Waals surface area contributed by atoms with Gasteiger partial charge in [-0.1, -0.05) is 24.3 Å². The number of nitrogens with one attached hydrogen (secondary N) is 1. The predicted molar refractivity (Wildman–Crippen MR) is 81.8 cm³/mol. The Morgan fingerprint density at radius 1 is 1.21 bits per heavy atom. The van der Waals surface area contributed by atoms with Gasteiger partial charge in [0.05, 0.1) is 0 Å². The number of halogens is 1. The summed E-state index contributed by atoms with van der Waals surface area (Å²) < 4.78 is 1.08. The molecule has 0 saturated heterocycles. The van der Waals surface area contributed by atoms with Gasteiger partial charge in [0, 0.05) is 20.7 Å². The van der Waals surface area contributed by atoms with Gasteiger partial charge in [0.25, 0.3) is 5.91 Å². The van der Waals surface area contributed by atoms with Crippen LogP contribution in [0.5, 0.6) is 0 Å². The molecule has 0 spiro atoms.